The van der Waals surface area contributed by atoms with Crippen molar-refractivity contribution in [2.24, 2.45) is 16.2 Å². The number of carboxylic acid groups (broad SMARTS) is 1. The van der Waals surface area contributed by atoms with Gasteiger partial charge >= 0.3 is 11.9 Å². The van der Waals surface area contributed by atoms with E-state index in [1.807, 2.05) is 82.6 Å². The Hall–Kier alpha value is -5.17. The average Bonchev–Trinajstić information content (AvgIpc) is 3.75. The van der Waals surface area contributed by atoms with Crippen LogP contribution in [0.25, 0.3) is 0 Å². The molecule has 3 N–H and O–H groups in total. The Morgan fingerprint density at radius 3 is 1.04 bits per heavy atom. The van der Waals surface area contributed by atoms with E-state index < -0.39 is 47.4 Å². The zero-order valence-electron chi connectivity index (χ0n) is 47.6. The molecule has 9 fully saturated rings. The fourth-order valence-corrected chi connectivity index (χ4v) is 12.0. The van der Waals surface area contributed by atoms with Crippen molar-refractivity contribution >= 4 is 17.8 Å². The smallest absolute Gasteiger partial charge is 0.323 e. The highest BCUT2D eigenvalue weighted by Gasteiger charge is 2.57. The van der Waals surface area contributed by atoms with Crippen LogP contribution in [0, 0.1) is 16.2 Å². The van der Waals surface area contributed by atoms with Gasteiger partial charge in [-0.1, -0.05) is 36.4 Å². The number of benzene rings is 3. The van der Waals surface area contributed by atoms with E-state index in [9.17, 15) is 24.7 Å². The summed E-state index contributed by atoms with van der Waals surface area (Å²) in [5.74, 6) is -1.85. The molecule has 456 valence electrons. The van der Waals surface area contributed by atoms with Crippen LogP contribution in [0.15, 0.2) is 72.8 Å². The molecule has 9 heterocycles. The lowest BCUT2D eigenvalue weighted by Gasteiger charge is -2.45. The number of hydroxylamine groups is 1. The van der Waals surface area contributed by atoms with Gasteiger partial charge in [-0.25, -0.2) is 5.48 Å². The maximum Gasteiger partial charge on any atom is 0.323 e. The molecule has 9 aliphatic heterocycles. The molecule has 0 unspecified atom stereocenters. The molecule has 3 aromatic rings. The second-order valence-electron chi connectivity index (χ2n) is 23.2. The van der Waals surface area contributed by atoms with Crippen molar-refractivity contribution in [3.63, 3.8) is 0 Å². The minimum Gasteiger partial charge on any atom is -0.497 e. The maximum absolute atomic E-state index is 12.4. The van der Waals surface area contributed by atoms with Gasteiger partial charge in [0, 0.05) is 38.9 Å². The van der Waals surface area contributed by atoms with E-state index in [0.717, 1.165) is 33.9 Å². The summed E-state index contributed by atoms with van der Waals surface area (Å²) in [7, 11) is 6.28. The molecule has 9 aliphatic rings. The molecule has 0 aromatic heterocycles. The number of ether oxygens (including phenoxy) is 16. The predicted molar refractivity (Wildman–Crippen MR) is 287 cm³/mol. The monoisotopic (exact) mass is 1170 g/mol. The van der Waals surface area contributed by atoms with Gasteiger partial charge in [0.15, 0.2) is 17.4 Å². The summed E-state index contributed by atoms with van der Waals surface area (Å²) >= 11 is 0. The number of rotatable bonds is 12. The first-order valence-electron chi connectivity index (χ1n) is 27.8. The molecular formula is C58H78N4O21. The molecule has 0 saturated carbocycles. The Labute approximate surface area is 482 Å². The number of amides is 1. The minimum absolute atomic E-state index is 0.270. The molecule has 25 nitrogen and oxygen atoms in total. The summed E-state index contributed by atoms with van der Waals surface area (Å²) in [6.45, 7) is 9.81. The first-order chi connectivity index (χ1) is 40.2. The number of hydrogen-bond donors (Lipinski definition) is 3. The first kappa shape index (κ1) is 60.9. The minimum atomic E-state index is -0.891. The maximum atomic E-state index is 12.4. The zero-order chi connectivity index (χ0) is 58.1. The molecule has 9 saturated heterocycles. The summed E-state index contributed by atoms with van der Waals surface area (Å²) in [5.41, 5.74) is 4.01. The second-order valence-corrected chi connectivity index (χ2v) is 23.2. The van der Waals surface area contributed by atoms with Crippen LogP contribution in [0.5, 0.6) is 17.2 Å². The van der Waals surface area contributed by atoms with Crippen molar-refractivity contribution in [2.75, 3.05) is 148 Å². The number of nitrogens with zero attached hydrogens (tertiary/aromatic N) is 3. The Balaban J connectivity index is 0.000000139. The number of methoxy groups -OCH3 is 4. The average molecular weight is 1170 g/mol. The number of carboxylic acids is 1. The lowest BCUT2D eigenvalue weighted by Crippen LogP contribution is -2.55. The van der Waals surface area contributed by atoms with Crippen molar-refractivity contribution in [1.82, 2.24) is 20.2 Å². The molecule has 83 heavy (non-hydrogen) atoms. The van der Waals surface area contributed by atoms with Gasteiger partial charge in [-0.15, -0.1) is 0 Å². The van der Waals surface area contributed by atoms with Gasteiger partial charge in [-0.2, -0.15) is 0 Å². The van der Waals surface area contributed by atoms with Crippen LogP contribution in [-0.2, 0) is 95.6 Å². The van der Waals surface area contributed by atoms with Gasteiger partial charge in [0.25, 0.3) is 5.91 Å². The summed E-state index contributed by atoms with van der Waals surface area (Å²) in [6, 6.07) is 21.5. The van der Waals surface area contributed by atoms with Crippen LogP contribution >= 0.6 is 0 Å². The van der Waals surface area contributed by atoms with Crippen LogP contribution in [0.2, 0.25) is 0 Å². The third kappa shape index (κ3) is 14.4. The molecule has 0 bridgehead atoms. The SMILES string of the molecule is COC(=O)[C@H]1CC2(CN1Cc1ccc(OC)cc1)OCC1(COCOC1)CO2.COc1ccc(CN2CC3(C[C@@H]2C(=O)NO)OCC2(COCOC2)CO3)cc1.COc1ccc(CN2CC3(C[C@@H]2C(=O)O)OCC2(COCOC2)CO3)cc1. The third-order valence-corrected chi connectivity index (χ3v) is 16.8. The van der Waals surface area contributed by atoms with Gasteiger partial charge in [0.1, 0.15) is 49.7 Å². The van der Waals surface area contributed by atoms with E-state index >= 15 is 0 Å². The number of aliphatic carboxylic acids is 1. The number of carbonyl (C=O) groups is 3. The van der Waals surface area contributed by atoms with E-state index in [1.165, 1.54) is 7.11 Å². The van der Waals surface area contributed by atoms with Crippen molar-refractivity contribution in [1.29, 1.82) is 0 Å². The number of likely N-dealkylation sites (tertiary alicyclic amines) is 3. The quantitative estimate of drug-likeness (QED) is 0.134. The fourth-order valence-electron chi connectivity index (χ4n) is 12.0. The van der Waals surface area contributed by atoms with Crippen LogP contribution in [0.4, 0.5) is 0 Å². The number of hydrogen-bond acceptors (Lipinski definition) is 23. The Morgan fingerprint density at radius 2 is 0.747 bits per heavy atom. The number of esters is 1. The van der Waals surface area contributed by atoms with Crippen molar-refractivity contribution in [2.45, 2.75) is 74.4 Å². The first-order valence-corrected chi connectivity index (χ1v) is 27.8. The van der Waals surface area contributed by atoms with Gasteiger partial charge in [-0.3, -0.25) is 34.3 Å². The largest absolute Gasteiger partial charge is 0.497 e. The molecule has 3 atom stereocenters. The summed E-state index contributed by atoms with van der Waals surface area (Å²) in [5, 5.41) is 18.9. The highest BCUT2D eigenvalue weighted by atomic mass is 16.7. The molecule has 3 aromatic carbocycles. The zero-order valence-corrected chi connectivity index (χ0v) is 47.6. The summed E-state index contributed by atoms with van der Waals surface area (Å²) in [6.07, 6.45) is 1.08. The normalized spacial score (nSPS) is 26.6. The molecule has 1 amide bonds. The molecule has 25 heteroatoms. The highest BCUT2D eigenvalue weighted by molar-refractivity contribution is 5.81. The van der Waals surface area contributed by atoms with Crippen molar-refractivity contribution < 1.29 is 100 Å². The van der Waals surface area contributed by atoms with E-state index in [1.54, 1.807) is 26.8 Å². The lowest BCUT2D eigenvalue weighted by molar-refractivity contribution is -0.325. The number of nitrogens with one attached hydrogen (secondary N) is 1. The summed E-state index contributed by atoms with van der Waals surface area (Å²) in [4.78, 5) is 42.4. The fraction of sp³-hybridized carbons (Fsp3) is 0.638. The third-order valence-electron chi connectivity index (χ3n) is 16.8. The van der Waals surface area contributed by atoms with Gasteiger partial charge < -0.3 is 80.9 Å². The standard InChI is InChI=1S/C20H27NO7.C19H26N2O7.C19H25NO7/c1-23-16-5-3-15(4-6-16)8-21-9-20(7-17(21)18(22)24-2)27-12-19(13-28-20)10-25-14-26-11-19;1-24-15-4-2-14(3-5-15)7-21-8-19(6-16(21)17(22)20-23)27-11-18(12-28-19)9-25-13-26-10-18;1-23-15-4-2-14(3-5-15)7-20-8-19(6-16(20)17(21)22)26-11-18(12-27-19)9-24-13-25-10-18/h3-6,17H,7-14H2,1-2H3;2-5,16,23H,6-13H2,1H3,(H,20,22);2-5,16H,6-13H2,1H3,(H,21,22)/t17-;2*16-/m111/s1. The molecule has 12 rings (SSSR count). The van der Waals surface area contributed by atoms with Crippen molar-refractivity contribution in [3.8, 4) is 17.2 Å². The van der Waals surface area contributed by atoms with Gasteiger partial charge in [0.05, 0.1) is 150 Å². The summed E-state index contributed by atoms with van der Waals surface area (Å²) < 4.78 is 90.0. The van der Waals surface area contributed by atoms with E-state index in [-0.39, 0.29) is 22.2 Å². The molecule has 0 radical (unpaired) electrons. The van der Waals surface area contributed by atoms with Crippen LogP contribution in [0.3, 0.4) is 0 Å². The topological polar surface area (TPSA) is 261 Å². The van der Waals surface area contributed by atoms with Crippen LogP contribution < -0.4 is 19.7 Å². The predicted octanol–water partition coefficient (Wildman–Crippen LogP) is 2.77. The Kier molecular flexibility index (Phi) is 19.5. The highest BCUT2D eigenvalue weighted by Crippen LogP contribution is 2.44. The second kappa shape index (κ2) is 26.6. The van der Waals surface area contributed by atoms with Crippen LogP contribution in [-0.4, -0.2) is 226 Å². The van der Waals surface area contributed by atoms with Gasteiger partial charge in [-0.05, 0) is 53.1 Å². The Morgan fingerprint density at radius 1 is 0.458 bits per heavy atom. The van der Waals surface area contributed by atoms with Crippen molar-refractivity contribution in [3.05, 3.63) is 89.5 Å². The van der Waals surface area contributed by atoms with E-state index in [2.05, 4.69) is 4.90 Å². The van der Waals surface area contributed by atoms with E-state index in [0.29, 0.717) is 158 Å². The number of carbonyl (C=O) groups excluding carboxylic acids is 2. The molecule has 6 spiro atoms. The van der Waals surface area contributed by atoms with Crippen LogP contribution in [0.1, 0.15) is 36.0 Å². The molecule has 0 aliphatic carbocycles. The molecular weight excluding hydrogens is 1090 g/mol. The lowest BCUT2D eigenvalue weighted by atomic mass is 9.90. The Bertz CT molecular complexity index is 2460. The van der Waals surface area contributed by atoms with Gasteiger partial charge in [0.2, 0.25) is 0 Å². The van der Waals surface area contributed by atoms with E-state index in [4.69, 9.17) is 75.8 Å².